The molecule has 1 aromatic rings. The zero-order valence-electron chi connectivity index (χ0n) is 11.0. The Morgan fingerprint density at radius 2 is 2.12 bits per heavy atom. The molecule has 1 fully saturated rings. The van der Waals surface area contributed by atoms with E-state index in [4.69, 9.17) is 0 Å². The van der Waals surface area contributed by atoms with Crippen molar-refractivity contribution in [1.82, 2.24) is 5.32 Å². The number of nitrogens with one attached hydrogen (secondary N) is 1. The molecule has 3 heteroatoms. The maximum Gasteiger partial charge on any atom is 0.0632 e. The Balaban J connectivity index is 2.11. The van der Waals surface area contributed by atoms with Gasteiger partial charge in [-0.1, -0.05) is 6.07 Å². The number of hydrogen-bond donors (Lipinski definition) is 1. The van der Waals surface area contributed by atoms with E-state index in [2.05, 4.69) is 48.1 Å². The van der Waals surface area contributed by atoms with Gasteiger partial charge in [0.1, 0.15) is 0 Å². The molecule has 0 amide bonds. The number of piperazine rings is 1. The number of nitrogens with zero attached hydrogens (tertiary/aromatic N) is 2. The highest BCUT2D eigenvalue weighted by atomic mass is 15.3. The largest absolute Gasteiger partial charge is 0.371 e. The molecule has 0 spiro atoms. The lowest BCUT2D eigenvalue weighted by atomic mass is 10.00. The van der Waals surface area contributed by atoms with Gasteiger partial charge in [0.05, 0.1) is 17.4 Å². The fraction of sp³-hybridized carbons (Fsp3) is 0.571. The second kappa shape index (κ2) is 3.91. The van der Waals surface area contributed by atoms with Gasteiger partial charge >= 0.3 is 0 Å². The molecule has 1 unspecified atom stereocenters. The van der Waals surface area contributed by atoms with Crippen molar-refractivity contribution in [3.63, 3.8) is 0 Å². The van der Waals surface area contributed by atoms with Gasteiger partial charge in [0, 0.05) is 33.2 Å². The fourth-order valence-corrected chi connectivity index (χ4v) is 3.30. The van der Waals surface area contributed by atoms with E-state index in [-0.39, 0.29) is 0 Å². The Morgan fingerprint density at radius 3 is 2.94 bits per heavy atom. The minimum absolute atomic E-state index is 0.627. The third-order valence-electron chi connectivity index (χ3n) is 3.95. The average molecular weight is 231 g/mol. The predicted molar refractivity (Wildman–Crippen MR) is 73.2 cm³/mol. The number of anilines is 2. The minimum atomic E-state index is 0.627. The van der Waals surface area contributed by atoms with Gasteiger partial charge in [0.15, 0.2) is 0 Å². The second-order valence-corrected chi connectivity index (χ2v) is 5.38. The van der Waals surface area contributed by atoms with Crippen LogP contribution < -0.4 is 15.1 Å². The molecule has 2 aliphatic rings. The predicted octanol–water partition coefficient (Wildman–Crippen LogP) is 1.53. The molecule has 17 heavy (non-hydrogen) atoms. The normalized spacial score (nSPS) is 23.4. The topological polar surface area (TPSA) is 18.5 Å². The van der Waals surface area contributed by atoms with Crippen LogP contribution in [-0.4, -0.2) is 39.3 Å². The van der Waals surface area contributed by atoms with E-state index in [0.29, 0.717) is 6.04 Å². The van der Waals surface area contributed by atoms with Gasteiger partial charge in [0.2, 0.25) is 0 Å². The third kappa shape index (κ3) is 1.69. The Bertz CT molecular complexity index is 441. The van der Waals surface area contributed by atoms with Crippen LogP contribution >= 0.6 is 0 Å². The van der Waals surface area contributed by atoms with Gasteiger partial charge in [-0.25, -0.2) is 0 Å². The maximum atomic E-state index is 3.50. The summed E-state index contributed by atoms with van der Waals surface area (Å²) in [5.74, 6) is 0. The molecular formula is C14H21N3. The van der Waals surface area contributed by atoms with E-state index < -0.39 is 0 Å². The molecule has 0 saturated carbocycles. The van der Waals surface area contributed by atoms with Crippen LogP contribution in [0.1, 0.15) is 11.1 Å². The molecule has 0 aromatic heterocycles. The molecule has 1 N–H and O–H groups in total. The summed E-state index contributed by atoms with van der Waals surface area (Å²) in [5.41, 5.74) is 5.63. The van der Waals surface area contributed by atoms with Crippen LogP contribution in [0.25, 0.3) is 0 Å². The summed E-state index contributed by atoms with van der Waals surface area (Å²) in [6.45, 7) is 8.89. The average Bonchev–Trinajstić information content (AvgIpc) is 2.28. The minimum Gasteiger partial charge on any atom is -0.371 e. The van der Waals surface area contributed by atoms with E-state index in [1.807, 2.05) is 0 Å². The highest BCUT2D eigenvalue weighted by molar-refractivity contribution is 5.78. The summed E-state index contributed by atoms with van der Waals surface area (Å²) in [5, 5.41) is 3.50. The van der Waals surface area contributed by atoms with E-state index in [1.165, 1.54) is 22.5 Å². The van der Waals surface area contributed by atoms with Crippen molar-refractivity contribution in [1.29, 1.82) is 0 Å². The van der Waals surface area contributed by atoms with Crippen LogP contribution in [0.15, 0.2) is 12.1 Å². The van der Waals surface area contributed by atoms with Crippen LogP contribution in [0.4, 0.5) is 11.4 Å². The first-order valence-corrected chi connectivity index (χ1v) is 6.46. The molecule has 2 aliphatic heterocycles. The first-order chi connectivity index (χ1) is 8.16. The molecule has 1 aromatic carbocycles. The smallest absolute Gasteiger partial charge is 0.0632 e. The zero-order valence-corrected chi connectivity index (χ0v) is 11.0. The van der Waals surface area contributed by atoms with Gasteiger partial charge in [-0.15, -0.1) is 0 Å². The Kier molecular flexibility index (Phi) is 2.51. The first-order valence-electron chi connectivity index (χ1n) is 6.46. The fourth-order valence-electron chi connectivity index (χ4n) is 3.30. The van der Waals surface area contributed by atoms with Crippen LogP contribution in [0.3, 0.4) is 0 Å². The Labute approximate surface area is 103 Å². The van der Waals surface area contributed by atoms with Crippen LogP contribution in [0, 0.1) is 13.8 Å². The third-order valence-corrected chi connectivity index (χ3v) is 3.95. The van der Waals surface area contributed by atoms with Gasteiger partial charge < -0.3 is 15.1 Å². The molecule has 1 atom stereocenters. The number of benzene rings is 1. The summed E-state index contributed by atoms with van der Waals surface area (Å²) >= 11 is 0. The summed E-state index contributed by atoms with van der Waals surface area (Å²) in [7, 11) is 2.22. The lowest BCUT2D eigenvalue weighted by Gasteiger charge is -2.46. The number of likely N-dealkylation sites (N-methyl/N-ethyl adjacent to an activating group) is 1. The molecule has 3 rings (SSSR count). The monoisotopic (exact) mass is 231 g/mol. The van der Waals surface area contributed by atoms with E-state index in [9.17, 15) is 0 Å². The summed E-state index contributed by atoms with van der Waals surface area (Å²) in [4.78, 5) is 5.00. The summed E-state index contributed by atoms with van der Waals surface area (Å²) in [6, 6.07) is 5.26. The van der Waals surface area contributed by atoms with E-state index >= 15 is 0 Å². The lowest BCUT2D eigenvalue weighted by molar-refractivity contribution is 0.465. The van der Waals surface area contributed by atoms with Crippen LogP contribution in [0.2, 0.25) is 0 Å². The molecule has 0 aliphatic carbocycles. The Morgan fingerprint density at radius 1 is 1.29 bits per heavy atom. The zero-order chi connectivity index (χ0) is 12.0. The molecule has 1 saturated heterocycles. The number of rotatable bonds is 0. The molecular weight excluding hydrogens is 210 g/mol. The highest BCUT2D eigenvalue weighted by Crippen LogP contribution is 2.38. The van der Waals surface area contributed by atoms with Crippen molar-refractivity contribution in [2.24, 2.45) is 0 Å². The van der Waals surface area contributed by atoms with E-state index in [1.54, 1.807) is 0 Å². The molecule has 3 nitrogen and oxygen atoms in total. The van der Waals surface area contributed by atoms with Gasteiger partial charge in [-0.2, -0.15) is 0 Å². The van der Waals surface area contributed by atoms with Crippen molar-refractivity contribution in [3.05, 3.63) is 23.3 Å². The van der Waals surface area contributed by atoms with Gasteiger partial charge in [-0.05, 0) is 31.0 Å². The number of aryl methyl sites for hydroxylation is 2. The van der Waals surface area contributed by atoms with Crippen LogP contribution in [0.5, 0.6) is 0 Å². The lowest BCUT2D eigenvalue weighted by Crippen LogP contribution is -2.58. The first kappa shape index (κ1) is 10.9. The maximum absolute atomic E-state index is 3.50. The Hall–Kier alpha value is -1.22. The van der Waals surface area contributed by atoms with E-state index in [0.717, 1.165) is 26.2 Å². The quantitative estimate of drug-likeness (QED) is 0.730. The van der Waals surface area contributed by atoms with Crippen molar-refractivity contribution in [3.8, 4) is 0 Å². The highest BCUT2D eigenvalue weighted by Gasteiger charge is 2.31. The molecule has 92 valence electrons. The number of hydrogen-bond acceptors (Lipinski definition) is 3. The van der Waals surface area contributed by atoms with Gasteiger partial charge in [0.25, 0.3) is 0 Å². The van der Waals surface area contributed by atoms with Crippen molar-refractivity contribution >= 4 is 11.4 Å². The number of fused-ring (bicyclic) bond motifs is 3. The molecule has 2 heterocycles. The summed E-state index contributed by atoms with van der Waals surface area (Å²) < 4.78 is 0. The van der Waals surface area contributed by atoms with Crippen molar-refractivity contribution in [2.45, 2.75) is 19.9 Å². The van der Waals surface area contributed by atoms with Gasteiger partial charge in [-0.3, -0.25) is 0 Å². The second-order valence-electron chi connectivity index (χ2n) is 5.38. The van der Waals surface area contributed by atoms with Crippen LogP contribution in [-0.2, 0) is 0 Å². The SMILES string of the molecule is Cc1cc(C)c2c(c1)N1CCNCC1CN2C. The standard InChI is InChI=1S/C14H21N3/c1-10-6-11(2)14-13(7-10)17-5-4-15-8-12(17)9-16(14)3/h6-7,12,15H,4-5,8-9H2,1-3H3. The molecule has 0 bridgehead atoms. The van der Waals surface area contributed by atoms with Crippen molar-refractivity contribution in [2.75, 3.05) is 43.0 Å². The molecule has 0 radical (unpaired) electrons. The summed E-state index contributed by atoms with van der Waals surface area (Å²) in [6.07, 6.45) is 0. The van der Waals surface area contributed by atoms with Crippen molar-refractivity contribution < 1.29 is 0 Å².